The number of para-hydroxylation sites is 1. The third-order valence-corrected chi connectivity index (χ3v) is 3.12. The van der Waals surface area contributed by atoms with Gasteiger partial charge in [0.1, 0.15) is 6.07 Å². The lowest BCUT2D eigenvalue weighted by Gasteiger charge is -2.13. The van der Waals surface area contributed by atoms with Crippen molar-refractivity contribution in [3.8, 4) is 6.07 Å². The topological polar surface area (TPSA) is 96.7 Å². The van der Waals surface area contributed by atoms with Gasteiger partial charge in [-0.05, 0) is 19.9 Å². The van der Waals surface area contributed by atoms with Crippen molar-refractivity contribution in [3.05, 3.63) is 35.4 Å². The third-order valence-electron chi connectivity index (χ3n) is 3.12. The maximum atomic E-state index is 12.6. The highest BCUT2D eigenvalue weighted by atomic mass is 16.6. The number of hydrogen-bond donors (Lipinski definition) is 0. The first-order valence-corrected chi connectivity index (χ1v) is 6.98. The lowest BCUT2D eigenvalue weighted by Crippen LogP contribution is -2.34. The summed E-state index contributed by atoms with van der Waals surface area (Å²) < 4.78 is 9.67. The third kappa shape index (κ3) is 2.79. The number of nitrogens with zero attached hydrogens (tertiary/aromatic N) is 2. The van der Waals surface area contributed by atoms with Crippen LogP contribution in [0.4, 0.5) is 10.5 Å². The van der Waals surface area contributed by atoms with Crippen LogP contribution in [0.2, 0.25) is 0 Å². The Morgan fingerprint density at radius 1 is 1.17 bits per heavy atom. The molecule has 1 aromatic rings. The molecule has 118 valence electrons. The average Bonchev–Trinajstić information content (AvgIpc) is 2.82. The molecule has 0 bridgehead atoms. The maximum Gasteiger partial charge on any atom is 0.421 e. The van der Waals surface area contributed by atoms with Crippen LogP contribution < -0.4 is 4.90 Å². The molecule has 1 heterocycles. The van der Waals surface area contributed by atoms with Gasteiger partial charge < -0.3 is 9.47 Å². The molecule has 1 aliphatic heterocycles. The predicted molar refractivity (Wildman–Crippen MR) is 80.1 cm³/mol. The number of hydrogen-bond acceptors (Lipinski definition) is 6. The lowest BCUT2D eigenvalue weighted by atomic mass is 10.0. The van der Waals surface area contributed by atoms with Gasteiger partial charge in [-0.25, -0.2) is 14.5 Å². The molecule has 0 spiro atoms. The van der Waals surface area contributed by atoms with Crippen LogP contribution in [-0.2, 0) is 19.1 Å². The van der Waals surface area contributed by atoms with E-state index in [2.05, 4.69) is 0 Å². The molecule has 0 saturated heterocycles. The van der Waals surface area contributed by atoms with Crippen molar-refractivity contribution < 1.29 is 23.9 Å². The number of amides is 2. The first kappa shape index (κ1) is 16.2. The minimum absolute atomic E-state index is 0.0642. The van der Waals surface area contributed by atoms with Gasteiger partial charge in [0, 0.05) is 5.56 Å². The number of fused-ring (bicyclic) bond motifs is 1. The Bertz CT molecular complexity index is 745. The molecular formula is C16H14N2O5. The fraction of sp³-hybridized carbons (Fsp3) is 0.250. The van der Waals surface area contributed by atoms with Crippen LogP contribution in [0.3, 0.4) is 0 Å². The van der Waals surface area contributed by atoms with Gasteiger partial charge in [-0.1, -0.05) is 18.2 Å². The van der Waals surface area contributed by atoms with Crippen molar-refractivity contribution in [2.45, 2.75) is 13.8 Å². The van der Waals surface area contributed by atoms with Gasteiger partial charge in [0.2, 0.25) is 0 Å². The smallest absolute Gasteiger partial charge is 0.421 e. The maximum absolute atomic E-state index is 12.6. The van der Waals surface area contributed by atoms with Crippen LogP contribution in [0.25, 0.3) is 5.57 Å². The Kier molecular flexibility index (Phi) is 4.76. The van der Waals surface area contributed by atoms with E-state index in [0.29, 0.717) is 5.56 Å². The summed E-state index contributed by atoms with van der Waals surface area (Å²) in [6.07, 6.45) is -0.860. The minimum atomic E-state index is -0.904. The molecule has 23 heavy (non-hydrogen) atoms. The SMILES string of the molecule is CCOC(=O)/C(C#N)=C1\C(=O)N(C(=O)OCC)c2ccccc21. The van der Waals surface area contributed by atoms with Crippen LogP contribution in [0.1, 0.15) is 19.4 Å². The summed E-state index contributed by atoms with van der Waals surface area (Å²) in [7, 11) is 0. The highest BCUT2D eigenvalue weighted by Gasteiger charge is 2.40. The van der Waals surface area contributed by atoms with E-state index in [1.54, 1.807) is 38.1 Å². The number of rotatable bonds is 3. The Balaban J connectivity index is 2.63. The number of benzene rings is 1. The lowest BCUT2D eigenvalue weighted by molar-refractivity contribution is -0.138. The van der Waals surface area contributed by atoms with Crippen LogP contribution in [-0.4, -0.2) is 31.2 Å². The summed E-state index contributed by atoms with van der Waals surface area (Å²) in [4.78, 5) is 37.4. The van der Waals surface area contributed by atoms with Crippen molar-refractivity contribution in [1.82, 2.24) is 0 Å². The van der Waals surface area contributed by atoms with E-state index in [9.17, 15) is 19.6 Å². The first-order chi connectivity index (χ1) is 11.1. The Labute approximate surface area is 132 Å². The highest BCUT2D eigenvalue weighted by molar-refractivity contribution is 6.41. The normalized spacial score (nSPS) is 14.8. The van der Waals surface area contributed by atoms with E-state index >= 15 is 0 Å². The second-order valence-corrected chi connectivity index (χ2v) is 4.44. The molecule has 0 aliphatic carbocycles. The second-order valence-electron chi connectivity index (χ2n) is 4.44. The predicted octanol–water partition coefficient (Wildman–Crippen LogP) is 2.03. The van der Waals surface area contributed by atoms with Gasteiger partial charge in [-0.3, -0.25) is 4.79 Å². The number of anilines is 1. The molecule has 0 radical (unpaired) electrons. The molecule has 0 atom stereocenters. The molecule has 7 heteroatoms. The number of esters is 1. The van der Waals surface area contributed by atoms with Gasteiger partial charge in [-0.2, -0.15) is 5.26 Å². The summed E-state index contributed by atoms with van der Waals surface area (Å²) in [6.45, 7) is 3.36. The van der Waals surface area contributed by atoms with Gasteiger partial charge in [0.25, 0.3) is 5.91 Å². The standard InChI is InChI=1S/C16H14N2O5/c1-3-22-15(20)11(9-17)13-10-7-5-6-8-12(10)18(14(13)19)16(21)23-4-2/h5-8H,3-4H2,1-2H3/b13-11-. The monoisotopic (exact) mass is 314 g/mol. The van der Waals surface area contributed by atoms with E-state index < -0.39 is 23.5 Å². The first-order valence-electron chi connectivity index (χ1n) is 6.98. The van der Waals surface area contributed by atoms with Crippen LogP contribution >= 0.6 is 0 Å². The summed E-state index contributed by atoms with van der Waals surface area (Å²) in [5.41, 5.74) is -0.0103. The number of ether oxygens (including phenoxy) is 2. The number of carbonyl (C=O) groups is 3. The quantitative estimate of drug-likeness (QED) is 0.481. The highest BCUT2D eigenvalue weighted by Crippen LogP contribution is 2.38. The van der Waals surface area contributed by atoms with E-state index in [-0.39, 0.29) is 24.5 Å². The molecule has 1 aliphatic rings. The van der Waals surface area contributed by atoms with Crippen LogP contribution in [0.5, 0.6) is 0 Å². The summed E-state index contributed by atoms with van der Waals surface area (Å²) in [5, 5.41) is 9.26. The van der Waals surface area contributed by atoms with E-state index in [0.717, 1.165) is 4.90 Å². The second kappa shape index (κ2) is 6.75. The largest absolute Gasteiger partial charge is 0.462 e. The van der Waals surface area contributed by atoms with Crippen LogP contribution in [0, 0.1) is 11.3 Å². The zero-order chi connectivity index (χ0) is 17.0. The molecule has 0 N–H and O–H groups in total. The zero-order valence-electron chi connectivity index (χ0n) is 12.7. The van der Waals surface area contributed by atoms with Crippen molar-refractivity contribution in [2.75, 3.05) is 18.1 Å². The fourth-order valence-electron chi connectivity index (χ4n) is 2.23. The van der Waals surface area contributed by atoms with Crippen molar-refractivity contribution in [2.24, 2.45) is 0 Å². The molecule has 1 aromatic carbocycles. The van der Waals surface area contributed by atoms with Gasteiger partial charge in [-0.15, -0.1) is 0 Å². The number of nitriles is 1. The Morgan fingerprint density at radius 3 is 2.43 bits per heavy atom. The van der Waals surface area contributed by atoms with Crippen molar-refractivity contribution in [3.63, 3.8) is 0 Å². The number of carbonyl (C=O) groups excluding carboxylic acids is 3. The molecule has 0 saturated carbocycles. The fourth-order valence-corrected chi connectivity index (χ4v) is 2.23. The van der Waals surface area contributed by atoms with Gasteiger partial charge in [0.15, 0.2) is 5.57 Å². The summed E-state index contributed by atoms with van der Waals surface area (Å²) in [6, 6.07) is 8.07. The number of imide groups is 1. The van der Waals surface area contributed by atoms with Gasteiger partial charge in [0.05, 0.1) is 24.5 Å². The molecule has 2 rings (SSSR count). The molecule has 7 nitrogen and oxygen atoms in total. The average molecular weight is 314 g/mol. The molecule has 0 unspecified atom stereocenters. The minimum Gasteiger partial charge on any atom is -0.462 e. The van der Waals surface area contributed by atoms with Crippen LogP contribution in [0.15, 0.2) is 29.8 Å². The molecule has 2 amide bonds. The van der Waals surface area contributed by atoms with E-state index in [1.807, 2.05) is 0 Å². The molecule has 0 fully saturated rings. The summed E-state index contributed by atoms with van der Waals surface area (Å²) >= 11 is 0. The van der Waals surface area contributed by atoms with Crippen molar-refractivity contribution >= 4 is 29.2 Å². The Morgan fingerprint density at radius 2 is 1.83 bits per heavy atom. The zero-order valence-corrected chi connectivity index (χ0v) is 12.7. The van der Waals surface area contributed by atoms with E-state index in [1.165, 1.54) is 6.07 Å². The van der Waals surface area contributed by atoms with Crippen molar-refractivity contribution in [1.29, 1.82) is 5.26 Å². The molecule has 0 aromatic heterocycles. The Hall–Kier alpha value is -3.14. The van der Waals surface area contributed by atoms with E-state index in [4.69, 9.17) is 9.47 Å². The summed E-state index contributed by atoms with van der Waals surface area (Å²) in [5.74, 6) is -1.69. The van der Waals surface area contributed by atoms with Gasteiger partial charge >= 0.3 is 12.1 Å². The molecular weight excluding hydrogens is 300 g/mol.